The van der Waals surface area contributed by atoms with E-state index in [4.69, 9.17) is 0 Å². The Labute approximate surface area is 117 Å². The molecule has 19 heavy (non-hydrogen) atoms. The maximum absolute atomic E-state index is 11.7. The van der Waals surface area contributed by atoms with Crippen molar-refractivity contribution in [3.8, 4) is 0 Å². The molecule has 3 nitrogen and oxygen atoms in total. The molecular formula is C15H25NO2S. The normalized spacial score (nSPS) is 13.7. The van der Waals surface area contributed by atoms with Gasteiger partial charge in [0.2, 0.25) is 0 Å². The van der Waals surface area contributed by atoms with Gasteiger partial charge in [0.15, 0.2) is 9.84 Å². The highest BCUT2D eigenvalue weighted by molar-refractivity contribution is 7.91. The summed E-state index contributed by atoms with van der Waals surface area (Å²) in [6, 6.07) is 8.31. The highest BCUT2D eigenvalue weighted by Crippen LogP contribution is 2.13. The van der Waals surface area contributed by atoms with Crippen molar-refractivity contribution >= 4 is 9.84 Å². The van der Waals surface area contributed by atoms with Gasteiger partial charge in [0, 0.05) is 18.3 Å². The van der Waals surface area contributed by atoms with Crippen LogP contribution < -0.4 is 0 Å². The topological polar surface area (TPSA) is 37.4 Å². The lowest BCUT2D eigenvalue weighted by atomic mass is 10.1. The van der Waals surface area contributed by atoms with Crippen molar-refractivity contribution < 1.29 is 8.42 Å². The average molecular weight is 283 g/mol. The van der Waals surface area contributed by atoms with Crippen LogP contribution in [0.5, 0.6) is 0 Å². The molecule has 0 radical (unpaired) electrons. The van der Waals surface area contributed by atoms with Crippen molar-refractivity contribution in [2.75, 3.05) is 18.1 Å². The van der Waals surface area contributed by atoms with Crippen LogP contribution in [0.2, 0.25) is 0 Å². The minimum Gasteiger partial charge on any atom is -0.296 e. The summed E-state index contributed by atoms with van der Waals surface area (Å²) < 4.78 is 23.4. The quantitative estimate of drug-likeness (QED) is 0.772. The predicted molar refractivity (Wildman–Crippen MR) is 81.1 cm³/mol. The molecule has 1 rings (SSSR count). The van der Waals surface area contributed by atoms with Crippen LogP contribution in [0, 0.1) is 6.92 Å². The Balaban J connectivity index is 2.76. The van der Waals surface area contributed by atoms with Gasteiger partial charge < -0.3 is 0 Å². The second kappa shape index (κ2) is 7.06. The lowest BCUT2D eigenvalue weighted by Crippen LogP contribution is -2.38. The molecule has 0 bridgehead atoms. The Kier molecular flexibility index (Phi) is 6.01. The van der Waals surface area contributed by atoms with Gasteiger partial charge >= 0.3 is 0 Å². The summed E-state index contributed by atoms with van der Waals surface area (Å²) >= 11 is 0. The van der Waals surface area contributed by atoms with Gasteiger partial charge in [0.1, 0.15) is 0 Å². The lowest BCUT2D eigenvalue weighted by Gasteiger charge is -2.28. The van der Waals surface area contributed by atoms with Crippen molar-refractivity contribution in [1.29, 1.82) is 0 Å². The zero-order valence-corrected chi connectivity index (χ0v) is 13.2. The van der Waals surface area contributed by atoms with Gasteiger partial charge in [0.05, 0.1) is 5.75 Å². The molecule has 1 aromatic rings. The fourth-order valence-corrected chi connectivity index (χ4v) is 3.36. The molecule has 0 N–H and O–H groups in total. The Morgan fingerprint density at radius 1 is 1.21 bits per heavy atom. The smallest absolute Gasteiger partial charge is 0.151 e. The lowest BCUT2D eigenvalue weighted by molar-refractivity contribution is 0.226. The number of benzene rings is 1. The summed E-state index contributed by atoms with van der Waals surface area (Å²) in [6.45, 7) is 9.54. The third-order valence-corrected chi connectivity index (χ3v) is 5.47. The minimum atomic E-state index is -2.92. The summed E-state index contributed by atoms with van der Waals surface area (Å²) in [6.07, 6.45) is 0. The van der Waals surface area contributed by atoms with Crippen LogP contribution in [-0.2, 0) is 16.4 Å². The van der Waals surface area contributed by atoms with Crippen LogP contribution in [0.15, 0.2) is 24.3 Å². The first-order valence-corrected chi connectivity index (χ1v) is 8.70. The van der Waals surface area contributed by atoms with Crippen LogP contribution in [0.3, 0.4) is 0 Å². The van der Waals surface area contributed by atoms with E-state index in [9.17, 15) is 8.42 Å². The highest BCUT2D eigenvalue weighted by Gasteiger charge is 2.19. The predicted octanol–water partition coefficient (Wildman–Crippen LogP) is 2.64. The van der Waals surface area contributed by atoms with Gasteiger partial charge in [-0.2, -0.15) is 0 Å². The first-order chi connectivity index (χ1) is 8.89. The number of hydrogen-bond donors (Lipinski definition) is 0. The zero-order valence-electron chi connectivity index (χ0n) is 12.4. The maximum Gasteiger partial charge on any atom is 0.151 e. The van der Waals surface area contributed by atoms with Crippen LogP contribution >= 0.6 is 0 Å². The molecule has 1 aromatic carbocycles. The van der Waals surface area contributed by atoms with E-state index in [0.29, 0.717) is 0 Å². The SMILES string of the molecule is CCN(Cc1ccccc1C)[C@@H](C)CS(=O)(=O)CC. The molecule has 0 fully saturated rings. The molecule has 0 amide bonds. The van der Waals surface area contributed by atoms with Crippen LogP contribution in [0.1, 0.15) is 31.9 Å². The summed E-state index contributed by atoms with van der Waals surface area (Å²) in [5.74, 6) is 0.461. The molecule has 0 spiro atoms. The molecule has 4 heteroatoms. The minimum absolute atomic E-state index is 0.0505. The van der Waals surface area contributed by atoms with E-state index in [-0.39, 0.29) is 17.5 Å². The van der Waals surface area contributed by atoms with Crippen LogP contribution in [0.25, 0.3) is 0 Å². The fraction of sp³-hybridized carbons (Fsp3) is 0.600. The molecule has 0 aromatic heterocycles. The van der Waals surface area contributed by atoms with Crippen LogP contribution in [-0.4, -0.2) is 37.4 Å². The Hall–Kier alpha value is -0.870. The van der Waals surface area contributed by atoms with E-state index in [2.05, 4.69) is 30.9 Å². The number of hydrogen-bond acceptors (Lipinski definition) is 3. The molecule has 0 unspecified atom stereocenters. The van der Waals surface area contributed by atoms with Gasteiger partial charge in [-0.25, -0.2) is 8.42 Å². The number of aryl methyl sites for hydroxylation is 1. The van der Waals surface area contributed by atoms with Crippen molar-refractivity contribution in [2.24, 2.45) is 0 Å². The molecule has 0 aliphatic rings. The third-order valence-electron chi connectivity index (χ3n) is 3.60. The van der Waals surface area contributed by atoms with E-state index in [1.165, 1.54) is 11.1 Å². The van der Waals surface area contributed by atoms with Crippen molar-refractivity contribution in [1.82, 2.24) is 4.90 Å². The second-order valence-corrected chi connectivity index (χ2v) is 7.44. The highest BCUT2D eigenvalue weighted by atomic mass is 32.2. The van der Waals surface area contributed by atoms with Crippen molar-refractivity contribution in [3.63, 3.8) is 0 Å². The summed E-state index contributed by atoms with van der Waals surface area (Å²) in [5, 5.41) is 0. The zero-order chi connectivity index (χ0) is 14.5. The monoisotopic (exact) mass is 283 g/mol. The molecule has 0 heterocycles. The first-order valence-electron chi connectivity index (χ1n) is 6.88. The Morgan fingerprint density at radius 3 is 2.37 bits per heavy atom. The molecule has 1 atom stereocenters. The Bertz CT molecular complexity index is 497. The van der Waals surface area contributed by atoms with Gasteiger partial charge in [-0.15, -0.1) is 0 Å². The summed E-state index contributed by atoms with van der Waals surface area (Å²) in [7, 11) is -2.92. The van der Waals surface area contributed by atoms with Gasteiger partial charge in [-0.05, 0) is 31.5 Å². The van der Waals surface area contributed by atoms with E-state index in [1.807, 2.05) is 19.1 Å². The summed E-state index contributed by atoms with van der Waals surface area (Å²) in [4.78, 5) is 2.22. The van der Waals surface area contributed by atoms with Crippen molar-refractivity contribution in [3.05, 3.63) is 35.4 Å². The Morgan fingerprint density at radius 2 is 1.84 bits per heavy atom. The van der Waals surface area contributed by atoms with E-state index < -0.39 is 9.84 Å². The fourth-order valence-electron chi connectivity index (χ4n) is 2.18. The number of nitrogens with zero attached hydrogens (tertiary/aromatic N) is 1. The first kappa shape index (κ1) is 16.2. The molecule has 0 aliphatic heterocycles. The third kappa shape index (κ3) is 4.96. The molecule has 0 saturated heterocycles. The van der Waals surface area contributed by atoms with E-state index in [0.717, 1.165) is 13.1 Å². The molecular weight excluding hydrogens is 258 g/mol. The molecule has 0 aliphatic carbocycles. The van der Waals surface area contributed by atoms with E-state index in [1.54, 1.807) is 6.92 Å². The van der Waals surface area contributed by atoms with Crippen molar-refractivity contribution in [2.45, 2.75) is 40.3 Å². The average Bonchev–Trinajstić information content (AvgIpc) is 2.37. The second-order valence-electron chi connectivity index (χ2n) is 5.04. The summed E-state index contributed by atoms with van der Waals surface area (Å²) in [5.41, 5.74) is 2.52. The maximum atomic E-state index is 11.7. The van der Waals surface area contributed by atoms with Gasteiger partial charge in [0.25, 0.3) is 0 Å². The largest absolute Gasteiger partial charge is 0.296 e. The van der Waals surface area contributed by atoms with E-state index >= 15 is 0 Å². The molecule has 0 saturated carbocycles. The standard InChI is InChI=1S/C15H25NO2S/c1-5-16(14(4)12-19(17,18)6-2)11-15-10-8-7-9-13(15)3/h7-10,14H,5-6,11-12H2,1-4H3/t14-/m0/s1. The molecule has 108 valence electrons. The van der Waals surface area contributed by atoms with Gasteiger partial charge in [-0.3, -0.25) is 4.90 Å². The number of sulfone groups is 1. The van der Waals surface area contributed by atoms with Gasteiger partial charge in [-0.1, -0.05) is 38.1 Å². The number of rotatable bonds is 7. The van der Waals surface area contributed by atoms with Crippen LogP contribution in [0.4, 0.5) is 0 Å².